The van der Waals surface area contributed by atoms with Gasteiger partial charge in [-0.25, -0.2) is 0 Å². The van der Waals surface area contributed by atoms with Crippen molar-refractivity contribution in [3.05, 3.63) is 12.2 Å². The van der Waals surface area contributed by atoms with Gasteiger partial charge in [-0.3, -0.25) is 0 Å². The number of hydrogen-bond donors (Lipinski definition) is 0. The van der Waals surface area contributed by atoms with Crippen molar-refractivity contribution in [1.29, 1.82) is 0 Å². The van der Waals surface area contributed by atoms with E-state index >= 15 is 0 Å². The maximum atomic E-state index is 5.31. The highest BCUT2D eigenvalue weighted by Gasteiger charge is 1.90. The molecule has 1 nitrogen and oxygen atoms in total. The number of rotatable bonds is 0. The van der Waals surface area contributed by atoms with Gasteiger partial charge in [-0.2, -0.15) is 0 Å². The van der Waals surface area contributed by atoms with Crippen molar-refractivity contribution in [1.82, 2.24) is 0 Å². The lowest BCUT2D eigenvalue weighted by Crippen LogP contribution is -1.94. The molecule has 0 spiro atoms. The minimum atomic E-state index is 0.949. The van der Waals surface area contributed by atoms with E-state index in [2.05, 4.69) is 12.2 Å². The zero-order chi connectivity index (χ0) is 6.36. The Morgan fingerprint density at radius 3 is 2.00 bits per heavy atom. The average Bonchev–Trinajstić information content (AvgIpc) is 2.00. The van der Waals surface area contributed by atoms with E-state index in [1.165, 1.54) is 25.7 Å². The zero-order valence-corrected chi connectivity index (χ0v) is 5.81. The minimum absolute atomic E-state index is 0.949. The lowest BCUT2D eigenvalue weighted by molar-refractivity contribution is 0.132. The summed E-state index contributed by atoms with van der Waals surface area (Å²) in [5, 5.41) is 0. The summed E-state index contributed by atoms with van der Waals surface area (Å²) in [4.78, 5) is 0. The maximum absolute atomic E-state index is 5.31. The van der Waals surface area contributed by atoms with Crippen LogP contribution >= 0.6 is 0 Å². The number of hydrogen-bond acceptors (Lipinski definition) is 1. The first-order valence-corrected chi connectivity index (χ1v) is 3.73. The minimum Gasteiger partial charge on any atom is -0.381 e. The van der Waals surface area contributed by atoms with Crippen molar-refractivity contribution >= 4 is 0 Å². The van der Waals surface area contributed by atoms with Gasteiger partial charge in [0, 0.05) is 13.2 Å². The fourth-order valence-corrected chi connectivity index (χ4v) is 0.944. The first kappa shape index (κ1) is 6.81. The molecule has 0 unspecified atom stereocenters. The summed E-state index contributed by atoms with van der Waals surface area (Å²) in [6.45, 7) is 1.90. The van der Waals surface area contributed by atoms with Crippen LogP contribution < -0.4 is 0 Å². The third-order valence-corrected chi connectivity index (χ3v) is 1.49. The third kappa shape index (κ3) is 3.31. The molecule has 0 atom stereocenters. The predicted octanol–water partition coefficient (Wildman–Crippen LogP) is 2.13. The Hall–Kier alpha value is -0.300. The Morgan fingerprint density at radius 1 is 0.889 bits per heavy atom. The van der Waals surface area contributed by atoms with Crippen LogP contribution in [0, 0.1) is 0 Å². The summed E-state index contributed by atoms with van der Waals surface area (Å²) in [7, 11) is 0. The van der Waals surface area contributed by atoms with Gasteiger partial charge in [-0.05, 0) is 25.7 Å². The summed E-state index contributed by atoms with van der Waals surface area (Å²) in [5.41, 5.74) is 0. The van der Waals surface area contributed by atoms with E-state index in [0.717, 1.165) is 13.2 Å². The molecule has 1 heterocycles. The van der Waals surface area contributed by atoms with Gasteiger partial charge in [0.25, 0.3) is 0 Å². The van der Waals surface area contributed by atoms with Gasteiger partial charge in [-0.15, -0.1) is 0 Å². The first-order chi connectivity index (χ1) is 4.50. The molecular weight excluding hydrogens is 112 g/mol. The summed E-state index contributed by atoms with van der Waals surface area (Å²) < 4.78 is 5.31. The molecule has 52 valence electrons. The van der Waals surface area contributed by atoms with E-state index in [4.69, 9.17) is 4.74 Å². The first-order valence-electron chi connectivity index (χ1n) is 3.73. The molecule has 9 heavy (non-hydrogen) atoms. The van der Waals surface area contributed by atoms with Crippen LogP contribution in [0.15, 0.2) is 12.2 Å². The van der Waals surface area contributed by atoms with Gasteiger partial charge in [0.1, 0.15) is 0 Å². The highest BCUT2D eigenvalue weighted by Crippen LogP contribution is 2.00. The summed E-state index contributed by atoms with van der Waals surface area (Å²) in [6, 6.07) is 0. The fourth-order valence-electron chi connectivity index (χ4n) is 0.944. The van der Waals surface area contributed by atoms with Crippen LogP contribution in [0.1, 0.15) is 25.7 Å². The molecule has 0 fully saturated rings. The summed E-state index contributed by atoms with van der Waals surface area (Å²) in [5.74, 6) is 0. The van der Waals surface area contributed by atoms with Gasteiger partial charge < -0.3 is 4.74 Å². The second kappa shape index (κ2) is 4.57. The second-order valence-corrected chi connectivity index (χ2v) is 2.37. The Morgan fingerprint density at radius 2 is 1.44 bits per heavy atom. The molecule has 0 aromatic rings. The molecule has 1 aliphatic heterocycles. The van der Waals surface area contributed by atoms with Crippen molar-refractivity contribution in [2.24, 2.45) is 0 Å². The lowest BCUT2D eigenvalue weighted by atomic mass is 10.2. The van der Waals surface area contributed by atoms with Crippen LogP contribution in [0.3, 0.4) is 0 Å². The van der Waals surface area contributed by atoms with E-state index in [9.17, 15) is 0 Å². The van der Waals surface area contributed by atoms with E-state index in [1.54, 1.807) is 0 Å². The molecule has 0 bridgehead atoms. The smallest absolute Gasteiger partial charge is 0.0468 e. The lowest BCUT2D eigenvalue weighted by Gasteiger charge is -1.97. The van der Waals surface area contributed by atoms with E-state index < -0.39 is 0 Å². The molecule has 0 saturated carbocycles. The molecule has 0 saturated heterocycles. The van der Waals surface area contributed by atoms with Gasteiger partial charge in [0.15, 0.2) is 0 Å². The van der Waals surface area contributed by atoms with Crippen LogP contribution in [0.25, 0.3) is 0 Å². The number of ether oxygens (including phenoxy) is 1. The maximum Gasteiger partial charge on any atom is 0.0468 e. The monoisotopic (exact) mass is 126 g/mol. The van der Waals surface area contributed by atoms with Crippen molar-refractivity contribution in [3.63, 3.8) is 0 Å². The molecule has 0 aromatic carbocycles. The molecule has 0 radical (unpaired) electrons. The largest absolute Gasteiger partial charge is 0.381 e. The molecule has 0 amide bonds. The van der Waals surface area contributed by atoms with Crippen LogP contribution in [-0.2, 0) is 4.74 Å². The van der Waals surface area contributed by atoms with Gasteiger partial charge in [0.2, 0.25) is 0 Å². The number of allylic oxidation sites excluding steroid dienone is 2. The van der Waals surface area contributed by atoms with Crippen LogP contribution in [0.2, 0.25) is 0 Å². The fraction of sp³-hybridized carbons (Fsp3) is 0.750. The molecule has 1 aliphatic rings. The highest BCUT2D eigenvalue weighted by molar-refractivity contribution is 4.81. The van der Waals surface area contributed by atoms with Gasteiger partial charge >= 0.3 is 0 Å². The Kier molecular flexibility index (Phi) is 3.46. The van der Waals surface area contributed by atoms with Crippen LogP contribution in [-0.4, -0.2) is 13.2 Å². The van der Waals surface area contributed by atoms with Crippen LogP contribution in [0.4, 0.5) is 0 Å². The van der Waals surface area contributed by atoms with Gasteiger partial charge in [-0.1, -0.05) is 12.2 Å². The van der Waals surface area contributed by atoms with Crippen LogP contribution in [0.5, 0.6) is 0 Å². The SMILES string of the molecule is C1=C\CCCOCCC/1. The van der Waals surface area contributed by atoms with Crippen molar-refractivity contribution in [2.45, 2.75) is 25.7 Å². The third-order valence-electron chi connectivity index (χ3n) is 1.49. The van der Waals surface area contributed by atoms with Gasteiger partial charge in [0.05, 0.1) is 0 Å². The van der Waals surface area contributed by atoms with E-state index in [-0.39, 0.29) is 0 Å². The van der Waals surface area contributed by atoms with E-state index in [1.807, 2.05) is 0 Å². The molecule has 0 aromatic heterocycles. The zero-order valence-electron chi connectivity index (χ0n) is 5.81. The quantitative estimate of drug-likeness (QED) is 0.452. The molecule has 0 aliphatic carbocycles. The summed E-state index contributed by atoms with van der Waals surface area (Å²) in [6.07, 6.45) is 9.29. The van der Waals surface area contributed by atoms with Crippen molar-refractivity contribution in [2.75, 3.05) is 13.2 Å². The van der Waals surface area contributed by atoms with Crippen molar-refractivity contribution in [3.8, 4) is 0 Å². The summed E-state index contributed by atoms with van der Waals surface area (Å²) >= 11 is 0. The van der Waals surface area contributed by atoms with Crippen molar-refractivity contribution < 1.29 is 4.74 Å². The molecule has 0 N–H and O–H groups in total. The molecular formula is C8H14O. The Bertz CT molecular complexity index is 76.6. The molecule has 1 heteroatoms. The standard InChI is InChI=1S/C8H14O/c1-2-4-6-8-9-7-5-3-1/h1-2H,3-8H2/b2-1-. The second-order valence-electron chi connectivity index (χ2n) is 2.37. The average molecular weight is 126 g/mol. The topological polar surface area (TPSA) is 9.23 Å². The highest BCUT2D eigenvalue weighted by atomic mass is 16.5. The van der Waals surface area contributed by atoms with E-state index in [0.29, 0.717) is 0 Å². The normalized spacial score (nSPS) is 25.8. The molecule has 1 rings (SSSR count). The Labute approximate surface area is 56.7 Å². The predicted molar refractivity (Wildman–Crippen MR) is 38.4 cm³/mol. The Balaban J connectivity index is 2.15.